The molecule has 0 fully saturated rings. The van der Waals surface area contributed by atoms with E-state index in [1.54, 1.807) is 24.3 Å². The van der Waals surface area contributed by atoms with E-state index in [1.165, 1.54) is 0 Å². The van der Waals surface area contributed by atoms with Crippen molar-refractivity contribution in [3.63, 3.8) is 0 Å². The highest BCUT2D eigenvalue weighted by Gasteiger charge is 1.82. The zero-order chi connectivity index (χ0) is 12.5. The van der Waals surface area contributed by atoms with Gasteiger partial charge in [0, 0.05) is 17.1 Å². The number of nitrogen functional groups attached to an aromatic ring is 2. The molecule has 2 aromatic carbocycles. The van der Waals surface area contributed by atoms with Gasteiger partial charge < -0.3 is 16.8 Å². The van der Waals surface area contributed by atoms with Crippen molar-refractivity contribution in [1.82, 2.24) is 0 Å². The normalized spacial score (nSPS) is 8.71. The maximum Gasteiger partial charge on any atom is 0.211 e. The molecule has 1 amide bonds. The minimum Gasteiger partial charge on any atom is -0.399 e. The largest absolute Gasteiger partial charge is 0.399 e. The van der Waals surface area contributed by atoms with Crippen LogP contribution in [-0.2, 0) is 4.79 Å². The highest BCUT2D eigenvalue weighted by Crippen LogP contribution is 2.05. The lowest BCUT2D eigenvalue weighted by molar-refractivity contribution is -0.105. The fourth-order valence-corrected chi connectivity index (χ4v) is 1.10. The van der Waals surface area contributed by atoms with E-state index < -0.39 is 0 Å². The molecule has 88 valence electrons. The predicted octanol–water partition coefficient (Wildman–Crippen LogP) is 2.11. The summed E-state index contributed by atoms with van der Waals surface area (Å²) in [6.07, 6.45) is 0.662. The maximum atomic E-state index is 9.86. The van der Waals surface area contributed by atoms with Crippen molar-refractivity contribution in [1.29, 1.82) is 0 Å². The lowest BCUT2D eigenvalue weighted by Crippen LogP contribution is -1.91. The first kappa shape index (κ1) is 12.6. The molecule has 0 aliphatic heterocycles. The van der Waals surface area contributed by atoms with E-state index >= 15 is 0 Å². The Labute approximate surface area is 100 Å². The number of nitrogens with one attached hydrogen (secondary N) is 1. The lowest BCUT2D eigenvalue weighted by atomic mass is 10.3. The van der Waals surface area contributed by atoms with Crippen molar-refractivity contribution in [2.45, 2.75) is 0 Å². The summed E-state index contributed by atoms with van der Waals surface area (Å²) >= 11 is 0. The van der Waals surface area contributed by atoms with Crippen molar-refractivity contribution >= 4 is 23.5 Å². The van der Waals surface area contributed by atoms with Crippen LogP contribution in [0.15, 0.2) is 54.6 Å². The first-order valence-electron chi connectivity index (χ1n) is 5.08. The van der Waals surface area contributed by atoms with Crippen molar-refractivity contribution in [3.8, 4) is 0 Å². The molecule has 2 aromatic rings. The Morgan fingerprint density at radius 2 is 1.29 bits per heavy atom. The highest BCUT2D eigenvalue weighted by atomic mass is 16.1. The molecule has 5 N–H and O–H groups in total. The summed E-state index contributed by atoms with van der Waals surface area (Å²) in [7, 11) is 0. The maximum absolute atomic E-state index is 9.86. The average Bonchev–Trinajstić information content (AvgIpc) is 2.36. The highest BCUT2D eigenvalue weighted by molar-refractivity contribution is 5.70. The molecule has 0 heterocycles. The fraction of sp³-hybridized carbons (Fsp3) is 0. The molecular weight excluding hydrogens is 214 g/mol. The molecule has 0 aliphatic rings. The van der Waals surface area contributed by atoms with E-state index in [0.717, 1.165) is 17.1 Å². The van der Waals surface area contributed by atoms with Gasteiger partial charge in [0.2, 0.25) is 6.41 Å². The second-order valence-corrected chi connectivity index (χ2v) is 3.29. The molecular formula is C13H15N3O. The Morgan fingerprint density at radius 1 is 0.824 bits per heavy atom. The van der Waals surface area contributed by atoms with Crippen LogP contribution >= 0.6 is 0 Å². The predicted molar refractivity (Wildman–Crippen MR) is 71.4 cm³/mol. The van der Waals surface area contributed by atoms with Gasteiger partial charge in [0.05, 0.1) is 0 Å². The van der Waals surface area contributed by atoms with Crippen molar-refractivity contribution in [2.75, 3.05) is 16.8 Å². The minimum atomic E-state index is 0.662. The number of carbonyl (C=O) groups is 1. The number of hydrogen-bond donors (Lipinski definition) is 3. The molecule has 0 bridgehead atoms. The number of anilines is 3. The molecule has 17 heavy (non-hydrogen) atoms. The molecule has 0 aromatic heterocycles. The molecule has 0 saturated carbocycles. The number of carbonyl (C=O) groups excluding carboxylic acids is 1. The summed E-state index contributed by atoms with van der Waals surface area (Å²) in [6, 6.07) is 16.4. The SMILES string of the molecule is Nc1ccc(N)cc1.O=CNc1ccccc1. The third-order valence-corrected chi connectivity index (χ3v) is 1.94. The van der Waals surface area contributed by atoms with Crippen LogP contribution in [0.4, 0.5) is 17.1 Å². The number of hydrogen-bond acceptors (Lipinski definition) is 3. The van der Waals surface area contributed by atoms with E-state index in [-0.39, 0.29) is 0 Å². The van der Waals surface area contributed by atoms with Gasteiger partial charge in [-0.2, -0.15) is 0 Å². The van der Waals surface area contributed by atoms with Crippen LogP contribution in [0.1, 0.15) is 0 Å². The van der Waals surface area contributed by atoms with Gasteiger partial charge in [-0.1, -0.05) is 18.2 Å². The molecule has 0 atom stereocenters. The monoisotopic (exact) mass is 229 g/mol. The van der Waals surface area contributed by atoms with Crippen LogP contribution in [-0.4, -0.2) is 6.41 Å². The number of benzene rings is 2. The zero-order valence-electron chi connectivity index (χ0n) is 9.34. The Kier molecular flexibility index (Phi) is 5.10. The minimum absolute atomic E-state index is 0.662. The van der Waals surface area contributed by atoms with Gasteiger partial charge in [0.1, 0.15) is 0 Å². The van der Waals surface area contributed by atoms with Crippen LogP contribution < -0.4 is 16.8 Å². The summed E-state index contributed by atoms with van der Waals surface area (Å²) < 4.78 is 0. The molecule has 2 rings (SSSR count). The van der Waals surface area contributed by atoms with E-state index in [0.29, 0.717) is 6.41 Å². The van der Waals surface area contributed by atoms with Crippen LogP contribution in [0.3, 0.4) is 0 Å². The molecule has 0 radical (unpaired) electrons. The third-order valence-electron chi connectivity index (χ3n) is 1.94. The average molecular weight is 229 g/mol. The van der Waals surface area contributed by atoms with Gasteiger partial charge >= 0.3 is 0 Å². The van der Waals surface area contributed by atoms with Crippen LogP contribution in [0.25, 0.3) is 0 Å². The quantitative estimate of drug-likeness (QED) is 0.545. The lowest BCUT2D eigenvalue weighted by Gasteiger charge is -1.93. The molecule has 0 unspecified atom stereocenters. The van der Waals surface area contributed by atoms with E-state index in [4.69, 9.17) is 11.5 Å². The Hall–Kier alpha value is -2.49. The molecule has 4 nitrogen and oxygen atoms in total. The topological polar surface area (TPSA) is 81.1 Å². The van der Waals surface area contributed by atoms with Gasteiger partial charge in [-0.3, -0.25) is 4.79 Å². The summed E-state index contributed by atoms with van der Waals surface area (Å²) in [6.45, 7) is 0. The number of amides is 1. The van der Waals surface area contributed by atoms with Crippen molar-refractivity contribution in [2.24, 2.45) is 0 Å². The second-order valence-electron chi connectivity index (χ2n) is 3.29. The van der Waals surface area contributed by atoms with Crippen LogP contribution in [0.2, 0.25) is 0 Å². The molecule has 0 spiro atoms. The van der Waals surface area contributed by atoms with E-state index in [9.17, 15) is 4.79 Å². The summed E-state index contributed by atoms with van der Waals surface area (Å²) in [5.41, 5.74) is 13.1. The fourth-order valence-electron chi connectivity index (χ4n) is 1.10. The first-order valence-corrected chi connectivity index (χ1v) is 5.08. The van der Waals surface area contributed by atoms with Gasteiger partial charge in [0.25, 0.3) is 0 Å². The van der Waals surface area contributed by atoms with Crippen LogP contribution in [0, 0.1) is 0 Å². The third kappa shape index (κ3) is 5.22. The number of para-hydroxylation sites is 1. The summed E-state index contributed by atoms with van der Waals surface area (Å²) in [4.78, 5) is 9.86. The Balaban J connectivity index is 0.000000171. The van der Waals surface area contributed by atoms with Crippen molar-refractivity contribution in [3.05, 3.63) is 54.6 Å². The van der Waals surface area contributed by atoms with Crippen molar-refractivity contribution < 1.29 is 4.79 Å². The second kappa shape index (κ2) is 6.90. The number of rotatable bonds is 2. The smallest absolute Gasteiger partial charge is 0.211 e. The first-order chi connectivity index (χ1) is 8.22. The Morgan fingerprint density at radius 3 is 1.71 bits per heavy atom. The van der Waals surface area contributed by atoms with Gasteiger partial charge in [-0.05, 0) is 36.4 Å². The van der Waals surface area contributed by atoms with Gasteiger partial charge in [-0.15, -0.1) is 0 Å². The summed E-state index contributed by atoms with van der Waals surface area (Å²) in [5.74, 6) is 0. The van der Waals surface area contributed by atoms with Gasteiger partial charge in [-0.25, -0.2) is 0 Å². The Bertz CT molecular complexity index is 419. The summed E-state index contributed by atoms with van der Waals surface area (Å²) in [5, 5.41) is 2.53. The number of nitrogens with two attached hydrogens (primary N) is 2. The molecule has 0 saturated heterocycles. The zero-order valence-corrected chi connectivity index (χ0v) is 9.34. The van der Waals surface area contributed by atoms with Gasteiger partial charge in [0.15, 0.2) is 0 Å². The molecule has 4 heteroatoms. The molecule has 0 aliphatic carbocycles. The van der Waals surface area contributed by atoms with Crippen LogP contribution in [0.5, 0.6) is 0 Å². The van der Waals surface area contributed by atoms with E-state index in [2.05, 4.69) is 5.32 Å². The standard InChI is InChI=1S/C7H7NO.C6H8N2/c9-6-8-7-4-2-1-3-5-7;7-5-1-2-6(8)4-3-5/h1-6H,(H,8,9);1-4H,7-8H2. The van der Waals surface area contributed by atoms with E-state index in [1.807, 2.05) is 30.3 Å².